The van der Waals surface area contributed by atoms with Crippen molar-refractivity contribution in [3.8, 4) is 0 Å². The van der Waals surface area contributed by atoms with E-state index in [0.29, 0.717) is 17.7 Å². The van der Waals surface area contributed by atoms with E-state index in [1.165, 1.54) is 5.56 Å². The van der Waals surface area contributed by atoms with E-state index < -0.39 is 5.91 Å². The van der Waals surface area contributed by atoms with Gasteiger partial charge in [0.25, 0.3) is 11.8 Å². The van der Waals surface area contributed by atoms with Gasteiger partial charge in [-0.1, -0.05) is 60.7 Å². The molecule has 0 saturated carbocycles. The maximum Gasteiger partial charge on any atom is 0.251 e. The molecule has 0 heterocycles. The van der Waals surface area contributed by atoms with Crippen LogP contribution in [0.4, 0.5) is 0 Å². The molecule has 0 aliphatic heterocycles. The van der Waals surface area contributed by atoms with Crippen molar-refractivity contribution < 1.29 is 14.4 Å². The zero-order valence-electron chi connectivity index (χ0n) is 17.1. The van der Waals surface area contributed by atoms with Gasteiger partial charge in [0.1, 0.15) is 0 Å². The number of carbonyl (C=O) groups is 3. The number of benzene rings is 3. The Bertz CT molecular complexity index is 1050. The van der Waals surface area contributed by atoms with Gasteiger partial charge in [-0.15, -0.1) is 0 Å². The number of nitrogens with two attached hydrogens (primary N) is 1. The van der Waals surface area contributed by atoms with Gasteiger partial charge < -0.3 is 16.4 Å². The van der Waals surface area contributed by atoms with Crippen LogP contribution < -0.4 is 16.4 Å². The molecule has 0 aliphatic rings. The highest BCUT2D eigenvalue weighted by atomic mass is 16.2. The SMILES string of the molecule is NC(=O)CNC(=O)c1ccc(CNC(=O)c2ccccc2CCc2ccccc2)cc1. The lowest BCUT2D eigenvalue weighted by Gasteiger charge is -2.11. The van der Waals surface area contributed by atoms with Gasteiger partial charge >= 0.3 is 0 Å². The Morgan fingerprint density at radius 1 is 0.677 bits per heavy atom. The molecule has 3 rings (SSSR count). The van der Waals surface area contributed by atoms with Crippen molar-refractivity contribution in [2.24, 2.45) is 5.73 Å². The fourth-order valence-electron chi connectivity index (χ4n) is 3.20. The van der Waals surface area contributed by atoms with E-state index >= 15 is 0 Å². The minimum Gasteiger partial charge on any atom is -0.368 e. The average molecular weight is 415 g/mol. The molecule has 3 aromatic rings. The molecule has 158 valence electrons. The van der Waals surface area contributed by atoms with Gasteiger partial charge in [-0.3, -0.25) is 14.4 Å². The second kappa shape index (κ2) is 10.7. The summed E-state index contributed by atoms with van der Waals surface area (Å²) in [6, 6.07) is 24.6. The minimum absolute atomic E-state index is 0.132. The molecular formula is C25H25N3O3. The van der Waals surface area contributed by atoms with Crippen LogP contribution in [-0.2, 0) is 24.2 Å². The number of hydrogen-bond donors (Lipinski definition) is 3. The Balaban J connectivity index is 1.57. The molecule has 0 atom stereocenters. The third kappa shape index (κ3) is 6.54. The van der Waals surface area contributed by atoms with Gasteiger partial charge in [-0.05, 0) is 47.7 Å². The normalized spacial score (nSPS) is 10.3. The molecule has 6 heteroatoms. The fourth-order valence-corrected chi connectivity index (χ4v) is 3.20. The monoisotopic (exact) mass is 415 g/mol. The summed E-state index contributed by atoms with van der Waals surface area (Å²) in [5, 5.41) is 5.38. The number of rotatable bonds is 9. The Labute approximate surface area is 181 Å². The number of carbonyl (C=O) groups excluding carboxylic acids is 3. The van der Waals surface area contributed by atoms with Crippen molar-refractivity contribution >= 4 is 17.7 Å². The molecule has 0 fully saturated rings. The van der Waals surface area contributed by atoms with Crippen LogP contribution in [-0.4, -0.2) is 24.3 Å². The highest BCUT2D eigenvalue weighted by molar-refractivity contribution is 5.96. The summed E-state index contributed by atoms with van der Waals surface area (Å²) in [4.78, 5) is 35.4. The Hall–Kier alpha value is -3.93. The summed E-state index contributed by atoms with van der Waals surface area (Å²) < 4.78 is 0. The van der Waals surface area contributed by atoms with E-state index in [4.69, 9.17) is 5.73 Å². The zero-order valence-corrected chi connectivity index (χ0v) is 17.1. The van der Waals surface area contributed by atoms with Crippen LogP contribution in [0, 0.1) is 0 Å². The lowest BCUT2D eigenvalue weighted by Crippen LogP contribution is -2.33. The maximum atomic E-state index is 12.8. The number of hydrogen-bond acceptors (Lipinski definition) is 3. The minimum atomic E-state index is -0.600. The van der Waals surface area contributed by atoms with E-state index in [0.717, 1.165) is 24.0 Å². The van der Waals surface area contributed by atoms with Gasteiger partial charge in [-0.25, -0.2) is 0 Å². The highest BCUT2D eigenvalue weighted by Crippen LogP contribution is 2.13. The van der Waals surface area contributed by atoms with Gasteiger partial charge in [0.2, 0.25) is 5.91 Å². The van der Waals surface area contributed by atoms with Crippen molar-refractivity contribution in [3.63, 3.8) is 0 Å². The first-order chi connectivity index (χ1) is 15.0. The Morgan fingerprint density at radius 3 is 2.06 bits per heavy atom. The summed E-state index contributed by atoms with van der Waals surface area (Å²) >= 11 is 0. The number of nitrogens with one attached hydrogen (secondary N) is 2. The van der Waals surface area contributed by atoms with Gasteiger partial charge in [0.05, 0.1) is 6.54 Å². The fraction of sp³-hybridized carbons (Fsp3) is 0.160. The van der Waals surface area contributed by atoms with Crippen LogP contribution in [0.15, 0.2) is 78.9 Å². The molecule has 4 N–H and O–H groups in total. The standard InChI is InChI=1S/C25H25N3O3/c26-23(29)17-28-24(30)21-14-11-19(12-15-21)16-27-25(31)22-9-5-4-8-20(22)13-10-18-6-2-1-3-7-18/h1-9,11-12,14-15H,10,13,16-17H2,(H2,26,29)(H,27,31)(H,28,30). The second-order valence-corrected chi connectivity index (χ2v) is 7.17. The Kier molecular flexibility index (Phi) is 7.54. The van der Waals surface area contributed by atoms with Crippen molar-refractivity contribution in [2.45, 2.75) is 19.4 Å². The highest BCUT2D eigenvalue weighted by Gasteiger charge is 2.11. The molecule has 0 aromatic heterocycles. The van der Waals surface area contributed by atoms with E-state index in [-0.39, 0.29) is 18.4 Å². The molecule has 0 radical (unpaired) electrons. The molecule has 3 amide bonds. The first-order valence-electron chi connectivity index (χ1n) is 10.1. The quantitative estimate of drug-likeness (QED) is 0.501. The smallest absolute Gasteiger partial charge is 0.251 e. The molecule has 0 saturated heterocycles. The van der Waals surface area contributed by atoms with Crippen LogP contribution in [0.25, 0.3) is 0 Å². The summed E-state index contributed by atoms with van der Waals surface area (Å²) in [6.07, 6.45) is 1.65. The van der Waals surface area contributed by atoms with E-state index in [1.54, 1.807) is 24.3 Å². The van der Waals surface area contributed by atoms with Crippen molar-refractivity contribution in [2.75, 3.05) is 6.54 Å². The number of primary amides is 1. The zero-order chi connectivity index (χ0) is 22.1. The van der Waals surface area contributed by atoms with Crippen LogP contribution in [0.1, 0.15) is 37.4 Å². The van der Waals surface area contributed by atoms with Crippen molar-refractivity contribution in [1.29, 1.82) is 0 Å². The topological polar surface area (TPSA) is 101 Å². The maximum absolute atomic E-state index is 12.8. The third-order valence-electron chi connectivity index (χ3n) is 4.88. The predicted octanol–water partition coefficient (Wildman–Crippen LogP) is 2.62. The third-order valence-corrected chi connectivity index (χ3v) is 4.88. The van der Waals surface area contributed by atoms with Gasteiger partial charge in [0.15, 0.2) is 0 Å². The molecule has 0 unspecified atom stereocenters. The van der Waals surface area contributed by atoms with E-state index in [1.807, 2.05) is 42.5 Å². The van der Waals surface area contributed by atoms with Crippen LogP contribution in [0.5, 0.6) is 0 Å². The predicted molar refractivity (Wildman–Crippen MR) is 119 cm³/mol. The summed E-state index contributed by atoms with van der Waals surface area (Å²) in [6.45, 7) is 0.134. The largest absolute Gasteiger partial charge is 0.368 e. The van der Waals surface area contributed by atoms with Gasteiger partial charge in [0, 0.05) is 17.7 Å². The van der Waals surface area contributed by atoms with Gasteiger partial charge in [-0.2, -0.15) is 0 Å². The summed E-state index contributed by atoms with van der Waals surface area (Å²) in [7, 11) is 0. The van der Waals surface area contributed by atoms with Crippen molar-refractivity contribution in [3.05, 3.63) is 107 Å². The lowest BCUT2D eigenvalue weighted by atomic mass is 9.99. The van der Waals surface area contributed by atoms with Crippen LogP contribution >= 0.6 is 0 Å². The summed E-state index contributed by atoms with van der Waals surface area (Å²) in [5.41, 5.74) is 9.21. The van der Waals surface area contributed by atoms with Crippen molar-refractivity contribution in [1.82, 2.24) is 10.6 Å². The van der Waals surface area contributed by atoms with E-state index in [2.05, 4.69) is 22.8 Å². The first kappa shape index (κ1) is 21.8. The molecule has 31 heavy (non-hydrogen) atoms. The summed E-state index contributed by atoms with van der Waals surface area (Å²) in [5.74, 6) is -1.11. The van der Waals surface area contributed by atoms with Crippen LogP contribution in [0.3, 0.4) is 0 Å². The molecule has 3 aromatic carbocycles. The lowest BCUT2D eigenvalue weighted by molar-refractivity contribution is -0.117. The first-order valence-corrected chi connectivity index (χ1v) is 10.1. The average Bonchev–Trinajstić information content (AvgIpc) is 2.81. The number of amides is 3. The number of aryl methyl sites for hydroxylation is 2. The molecule has 0 bridgehead atoms. The molecule has 0 aliphatic carbocycles. The second-order valence-electron chi connectivity index (χ2n) is 7.17. The van der Waals surface area contributed by atoms with Crippen LogP contribution in [0.2, 0.25) is 0 Å². The molecule has 6 nitrogen and oxygen atoms in total. The molecular weight excluding hydrogens is 390 g/mol. The Morgan fingerprint density at radius 2 is 1.35 bits per heavy atom. The molecule has 0 spiro atoms. The van der Waals surface area contributed by atoms with E-state index in [9.17, 15) is 14.4 Å².